The Hall–Kier alpha value is -3.72. The van der Waals surface area contributed by atoms with Gasteiger partial charge < -0.3 is 15.4 Å². The summed E-state index contributed by atoms with van der Waals surface area (Å²) in [6, 6.07) is 11.8. The lowest BCUT2D eigenvalue weighted by Crippen LogP contribution is -2.50. The number of likely N-dealkylation sites (N-methyl/N-ethyl adjacent to an activating group) is 1. The Balaban J connectivity index is 1.51. The molecule has 0 bridgehead atoms. The highest BCUT2D eigenvalue weighted by Gasteiger charge is 2.22. The van der Waals surface area contributed by atoms with Crippen LogP contribution in [0.4, 0.5) is 0 Å². The fourth-order valence-electron chi connectivity index (χ4n) is 4.02. The van der Waals surface area contributed by atoms with Crippen LogP contribution in [0, 0.1) is 6.92 Å². The summed E-state index contributed by atoms with van der Waals surface area (Å²) in [6.07, 6.45) is 0. The fraction of sp³-hybridized carbons (Fsp3) is 0.333. The van der Waals surface area contributed by atoms with E-state index in [0.717, 1.165) is 19.6 Å². The van der Waals surface area contributed by atoms with Crippen molar-refractivity contribution in [2.75, 3.05) is 39.3 Å². The quantitative estimate of drug-likeness (QED) is 0.583. The van der Waals surface area contributed by atoms with Crippen LogP contribution in [-0.2, 0) is 4.79 Å². The number of carbonyl (C=O) groups excluding carboxylic acids is 2. The molecule has 2 amide bonds. The van der Waals surface area contributed by atoms with Crippen LogP contribution in [0.15, 0.2) is 47.3 Å². The summed E-state index contributed by atoms with van der Waals surface area (Å²) in [5.74, 6) is 0.712. The van der Waals surface area contributed by atoms with E-state index in [2.05, 4.69) is 9.88 Å². The third-order valence-corrected chi connectivity index (χ3v) is 5.87. The van der Waals surface area contributed by atoms with Gasteiger partial charge >= 0.3 is 0 Å². The van der Waals surface area contributed by atoms with Crippen LogP contribution in [0.5, 0.6) is 5.75 Å². The second-order valence-corrected chi connectivity index (χ2v) is 7.99. The molecule has 0 saturated carbocycles. The molecule has 0 atom stereocenters. The highest BCUT2D eigenvalue weighted by molar-refractivity contribution is 5.92. The first-order chi connectivity index (χ1) is 15.9. The maximum absolute atomic E-state index is 13.3. The number of hydrogen-bond acceptors (Lipinski definition) is 6. The largest absolute Gasteiger partial charge is 0.492 e. The van der Waals surface area contributed by atoms with Crippen molar-refractivity contribution in [3.05, 3.63) is 64.2 Å². The zero-order valence-electron chi connectivity index (χ0n) is 18.8. The first kappa shape index (κ1) is 22.5. The first-order valence-corrected chi connectivity index (χ1v) is 10.9. The van der Waals surface area contributed by atoms with E-state index in [1.54, 1.807) is 49.4 Å². The Morgan fingerprint density at radius 1 is 1.12 bits per heavy atom. The SMILES string of the molecule is CCN1CCN(CCOc2ccc3nc(C)n(-c4ccc(C(N)=O)cc4)c(=O)c3c2)CC1=O. The van der Waals surface area contributed by atoms with Gasteiger partial charge in [0.05, 0.1) is 23.1 Å². The number of fused-ring (bicyclic) bond motifs is 1. The standard InChI is InChI=1S/C24H27N5O4/c1-3-28-11-10-27(15-22(28)30)12-13-33-19-8-9-21-20(14-19)24(32)29(16(2)26-21)18-6-4-17(5-7-18)23(25)31/h4-9,14H,3,10-13,15H2,1-2H3,(H2,25,31). The van der Waals surface area contributed by atoms with E-state index in [1.807, 2.05) is 11.8 Å². The molecule has 2 heterocycles. The summed E-state index contributed by atoms with van der Waals surface area (Å²) < 4.78 is 7.38. The molecule has 172 valence electrons. The lowest BCUT2D eigenvalue weighted by Gasteiger charge is -2.33. The van der Waals surface area contributed by atoms with Gasteiger partial charge in [-0.25, -0.2) is 4.98 Å². The number of benzene rings is 2. The molecule has 33 heavy (non-hydrogen) atoms. The van der Waals surface area contributed by atoms with Gasteiger partial charge in [0.2, 0.25) is 11.8 Å². The normalized spacial score (nSPS) is 14.6. The van der Waals surface area contributed by atoms with Crippen molar-refractivity contribution in [1.82, 2.24) is 19.4 Å². The van der Waals surface area contributed by atoms with E-state index in [4.69, 9.17) is 10.5 Å². The number of primary amides is 1. The maximum atomic E-state index is 13.3. The minimum absolute atomic E-state index is 0.139. The van der Waals surface area contributed by atoms with Crippen molar-refractivity contribution < 1.29 is 14.3 Å². The number of hydrogen-bond donors (Lipinski definition) is 1. The second-order valence-electron chi connectivity index (χ2n) is 7.99. The Kier molecular flexibility index (Phi) is 6.41. The van der Waals surface area contributed by atoms with Crippen molar-refractivity contribution in [1.29, 1.82) is 0 Å². The van der Waals surface area contributed by atoms with Gasteiger partial charge in [0, 0.05) is 31.7 Å². The Morgan fingerprint density at radius 3 is 2.55 bits per heavy atom. The molecule has 3 aromatic rings. The number of rotatable bonds is 7. The van der Waals surface area contributed by atoms with E-state index in [9.17, 15) is 14.4 Å². The molecule has 2 N–H and O–H groups in total. The molecule has 1 saturated heterocycles. The first-order valence-electron chi connectivity index (χ1n) is 10.9. The van der Waals surface area contributed by atoms with Gasteiger partial charge in [0.1, 0.15) is 18.2 Å². The van der Waals surface area contributed by atoms with Crippen LogP contribution < -0.4 is 16.0 Å². The Morgan fingerprint density at radius 2 is 1.88 bits per heavy atom. The zero-order valence-corrected chi connectivity index (χ0v) is 18.8. The predicted octanol–water partition coefficient (Wildman–Crippen LogP) is 1.34. The summed E-state index contributed by atoms with van der Waals surface area (Å²) in [6.45, 7) is 7.47. The average molecular weight is 450 g/mol. The molecule has 0 aliphatic carbocycles. The lowest BCUT2D eigenvalue weighted by atomic mass is 10.2. The third kappa shape index (κ3) is 4.73. The molecule has 0 radical (unpaired) electrons. The van der Waals surface area contributed by atoms with E-state index in [-0.39, 0.29) is 11.5 Å². The molecule has 0 spiro atoms. The second kappa shape index (κ2) is 9.41. The predicted molar refractivity (Wildman–Crippen MR) is 125 cm³/mol. The Labute approximate surface area is 191 Å². The molecule has 2 aromatic carbocycles. The van der Waals surface area contributed by atoms with E-state index in [1.165, 1.54) is 4.57 Å². The minimum Gasteiger partial charge on any atom is -0.492 e. The molecule has 9 heteroatoms. The van der Waals surface area contributed by atoms with Crippen molar-refractivity contribution in [2.45, 2.75) is 13.8 Å². The highest BCUT2D eigenvalue weighted by atomic mass is 16.5. The molecule has 1 fully saturated rings. The summed E-state index contributed by atoms with van der Waals surface area (Å²) in [7, 11) is 0. The highest BCUT2D eigenvalue weighted by Crippen LogP contribution is 2.19. The number of carbonyl (C=O) groups is 2. The van der Waals surface area contributed by atoms with E-state index >= 15 is 0 Å². The van der Waals surface area contributed by atoms with Gasteiger partial charge in [-0.05, 0) is 56.3 Å². The van der Waals surface area contributed by atoms with Crippen LogP contribution in [0.1, 0.15) is 23.1 Å². The minimum atomic E-state index is -0.527. The topological polar surface area (TPSA) is 111 Å². The molecular formula is C24H27N5O4. The number of ether oxygens (including phenoxy) is 1. The molecule has 9 nitrogen and oxygen atoms in total. The summed E-state index contributed by atoms with van der Waals surface area (Å²) in [5, 5.41) is 0.434. The van der Waals surface area contributed by atoms with Crippen molar-refractivity contribution >= 4 is 22.7 Å². The van der Waals surface area contributed by atoms with Gasteiger partial charge in [0.25, 0.3) is 5.56 Å². The number of aryl methyl sites for hydroxylation is 1. The number of aromatic nitrogens is 2. The van der Waals surface area contributed by atoms with Crippen LogP contribution in [-0.4, -0.2) is 70.5 Å². The number of nitrogens with two attached hydrogens (primary N) is 1. The van der Waals surface area contributed by atoms with Crippen LogP contribution >= 0.6 is 0 Å². The van der Waals surface area contributed by atoms with Gasteiger partial charge in [0.15, 0.2) is 0 Å². The molecule has 1 aromatic heterocycles. The molecule has 4 rings (SSSR count). The summed E-state index contributed by atoms with van der Waals surface area (Å²) in [4.78, 5) is 45.1. The Bertz CT molecular complexity index is 1250. The van der Waals surface area contributed by atoms with Crippen LogP contribution in [0.3, 0.4) is 0 Å². The monoisotopic (exact) mass is 449 g/mol. The molecular weight excluding hydrogens is 422 g/mol. The molecule has 1 aliphatic heterocycles. The summed E-state index contributed by atoms with van der Waals surface area (Å²) in [5.41, 5.74) is 6.62. The third-order valence-electron chi connectivity index (χ3n) is 5.87. The summed E-state index contributed by atoms with van der Waals surface area (Å²) >= 11 is 0. The van der Waals surface area contributed by atoms with Gasteiger partial charge in [-0.2, -0.15) is 0 Å². The zero-order chi connectivity index (χ0) is 23.5. The van der Waals surface area contributed by atoms with Crippen molar-refractivity contribution in [2.24, 2.45) is 5.73 Å². The van der Waals surface area contributed by atoms with Crippen LogP contribution in [0.2, 0.25) is 0 Å². The van der Waals surface area contributed by atoms with Gasteiger partial charge in [-0.3, -0.25) is 23.9 Å². The molecule has 0 unspecified atom stereocenters. The average Bonchev–Trinajstić information content (AvgIpc) is 2.80. The van der Waals surface area contributed by atoms with Crippen molar-refractivity contribution in [3.63, 3.8) is 0 Å². The van der Waals surface area contributed by atoms with Crippen LogP contribution in [0.25, 0.3) is 16.6 Å². The lowest BCUT2D eigenvalue weighted by molar-refractivity contribution is -0.135. The van der Waals surface area contributed by atoms with Crippen molar-refractivity contribution in [3.8, 4) is 11.4 Å². The number of piperazine rings is 1. The van der Waals surface area contributed by atoms with E-state index < -0.39 is 5.91 Å². The number of amides is 2. The van der Waals surface area contributed by atoms with Gasteiger partial charge in [-0.15, -0.1) is 0 Å². The number of nitrogens with zero attached hydrogens (tertiary/aromatic N) is 4. The van der Waals surface area contributed by atoms with E-state index in [0.29, 0.717) is 53.4 Å². The van der Waals surface area contributed by atoms with Gasteiger partial charge in [-0.1, -0.05) is 0 Å². The maximum Gasteiger partial charge on any atom is 0.266 e. The smallest absolute Gasteiger partial charge is 0.266 e. The fourth-order valence-corrected chi connectivity index (χ4v) is 4.02. The molecule has 1 aliphatic rings.